The van der Waals surface area contributed by atoms with Gasteiger partial charge in [0.25, 0.3) is 0 Å². The second-order valence-electron chi connectivity index (χ2n) is 6.37. The Hall–Kier alpha value is -2.50. The molecule has 2 N–H and O–H groups in total. The predicted molar refractivity (Wildman–Crippen MR) is 94.9 cm³/mol. The molecule has 2 aromatic rings. The van der Waals surface area contributed by atoms with E-state index in [9.17, 15) is 4.79 Å². The zero-order chi connectivity index (χ0) is 17.1. The normalized spacial score (nSPS) is 14.7. The number of aliphatic imine (C=N–C) groups is 1. The maximum atomic E-state index is 11.7. The lowest BCUT2D eigenvalue weighted by atomic mass is 10.1. The molecule has 0 radical (unpaired) electrons. The first-order valence-electron chi connectivity index (χ1n) is 8.26. The molecule has 0 atom stereocenters. The van der Waals surface area contributed by atoms with Gasteiger partial charge in [0.05, 0.1) is 6.54 Å². The van der Waals surface area contributed by atoms with Gasteiger partial charge in [0.2, 0.25) is 5.91 Å². The van der Waals surface area contributed by atoms with Gasteiger partial charge in [-0.3, -0.25) is 4.79 Å². The van der Waals surface area contributed by atoms with Gasteiger partial charge in [0.15, 0.2) is 5.96 Å². The van der Waals surface area contributed by atoms with Gasteiger partial charge in [-0.1, -0.05) is 18.2 Å². The number of carbonyl (C=O) groups excluding carboxylic acids is 1. The van der Waals surface area contributed by atoms with Crippen LogP contribution in [0.4, 0.5) is 0 Å². The monoisotopic (exact) mass is 328 g/mol. The van der Waals surface area contributed by atoms with Crippen LogP contribution in [0.3, 0.4) is 0 Å². The summed E-state index contributed by atoms with van der Waals surface area (Å²) in [5.74, 6) is 1.53. The molecule has 0 aliphatic heterocycles. The van der Waals surface area contributed by atoms with Crippen molar-refractivity contribution >= 4 is 22.8 Å². The Balaban J connectivity index is 1.68. The first kappa shape index (κ1) is 16.4. The number of hydrogen-bond acceptors (Lipinski definition) is 3. The molecule has 1 aliphatic carbocycles. The highest BCUT2D eigenvalue weighted by molar-refractivity contribution is 5.85. The van der Waals surface area contributed by atoms with Crippen molar-refractivity contribution in [1.82, 2.24) is 15.5 Å². The number of amides is 1. The molecule has 0 bridgehead atoms. The molecule has 1 saturated carbocycles. The standard InChI is InChI=1S/C18H24N4O2/c1-12-14-6-4-5-7-15(14)24-16(12)10-19-18(21-13-8-9-13)20-11-17(23)22(2)3/h4-7,13H,8-11H2,1-3H3,(H2,19,20,21). The summed E-state index contributed by atoms with van der Waals surface area (Å²) in [5, 5.41) is 7.74. The molecule has 1 amide bonds. The van der Waals surface area contributed by atoms with Crippen LogP contribution in [0.25, 0.3) is 11.0 Å². The lowest BCUT2D eigenvalue weighted by Gasteiger charge is -2.13. The minimum Gasteiger partial charge on any atom is -0.459 e. The summed E-state index contributed by atoms with van der Waals surface area (Å²) < 4.78 is 5.91. The quantitative estimate of drug-likeness (QED) is 0.651. The molecule has 6 nitrogen and oxygen atoms in total. The molecule has 6 heteroatoms. The van der Waals surface area contributed by atoms with Crippen molar-refractivity contribution < 1.29 is 9.21 Å². The number of guanidine groups is 1. The van der Waals surface area contributed by atoms with E-state index in [4.69, 9.17) is 4.42 Å². The highest BCUT2D eigenvalue weighted by atomic mass is 16.3. The van der Waals surface area contributed by atoms with Crippen LogP contribution in [-0.4, -0.2) is 43.4 Å². The Bertz CT molecular complexity index is 759. The lowest BCUT2D eigenvalue weighted by Crippen LogP contribution is -2.39. The van der Waals surface area contributed by atoms with E-state index in [0.29, 0.717) is 18.5 Å². The van der Waals surface area contributed by atoms with Gasteiger partial charge >= 0.3 is 0 Å². The Labute approximate surface area is 141 Å². The first-order chi connectivity index (χ1) is 11.5. The van der Waals surface area contributed by atoms with Gasteiger partial charge in [-0.15, -0.1) is 0 Å². The fraction of sp³-hybridized carbons (Fsp3) is 0.444. The van der Waals surface area contributed by atoms with Crippen molar-refractivity contribution in [3.05, 3.63) is 35.6 Å². The van der Waals surface area contributed by atoms with Crippen LogP contribution in [0.15, 0.2) is 33.7 Å². The number of para-hydroxylation sites is 1. The van der Waals surface area contributed by atoms with Gasteiger partial charge in [-0.2, -0.15) is 0 Å². The number of benzene rings is 1. The van der Waals surface area contributed by atoms with Crippen molar-refractivity contribution in [2.24, 2.45) is 4.99 Å². The summed E-state index contributed by atoms with van der Waals surface area (Å²) in [6, 6.07) is 8.47. The second kappa shape index (κ2) is 6.95. The van der Waals surface area contributed by atoms with Crippen LogP contribution in [0.1, 0.15) is 24.2 Å². The fourth-order valence-corrected chi connectivity index (χ4v) is 2.42. The van der Waals surface area contributed by atoms with Gasteiger partial charge < -0.3 is 20.0 Å². The molecule has 1 aromatic carbocycles. The van der Waals surface area contributed by atoms with Crippen LogP contribution in [0.2, 0.25) is 0 Å². The predicted octanol–water partition coefficient (Wildman–Crippen LogP) is 2.03. The first-order valence-corrected chi connectivity index (χ1v) is 8.26. The number of nitrogens with one attached hydrogen (secondary N) is 2. The average molecular weight is 328 g/mol. The number of likely N-dealkylation sites (N-methyl/N-ethyl adjacent to an activating group) is 1. The number of furan rings is 1. The molecular weight excluding hydrogens is 304 g/mol. The number of rotatable bonds is 5. The van der Waals surface area contributed by atoms with E-state index in [1.807, 2.05) is 18.2 Å². The van der Waals surface area contributed by atoms with E-state index in [1.54, 1.807) is 19.0 Å². The third kappa shape index (κ3) is 3.88. The van der Waals surface area contributed by atoms with Gasteiger partial charge in [0.1, 0.15) is 17.9 Å². The van der Waals surface area contributed by atoms with Crippen molar-refractivity contribution in [2.45, 2.75) is 32.4 Å². The number of fused-ring (bicyclic) bond motifs is 1. The third-order valence-electron chi connectivity index (χ3n) is 4.15. The van der Waals surface area contributed by atoms with E-state index in [-0.39, 0.29) is 12.5 Å². The molecular formula is C18H24N4O2. The van der Waals surface area contributed by atoms with Gasteiger partial charge in [0, 0.05) is 31.1 Å². The molecule has 1 heterocycles. The average Bonchev–Trinajstić information content (AvgIpc) is 3.33. The summed E-state index contributed by atoms with van der Waals surface area (Å²) in [6.07, 6.45) is 2.29. The highest BCUT2D eigenvalue weighted by Crippen LogP contribution is 2.24. The van der Waals surface area contributed by atoms with Crippen LogP contribution in [-0.2, 0) is 11.3 Å². The summed E-state index contributed by atoms with van der Waals surface area (Å²) in [7, 11) is 3.47. The highest BCUT2D eigenvalue weighted by Gasteiger charge is 2.22. The fourth-order valence-electron chi connectivity index (χ4n) is 2.42. The second-order valence-corrected chi connectivity index (χ2v) is 6.37. The number of hydrogen-bond donors (Lipinski definition) is 2. The molecule has 1 fully saturated rings. The molecule has 128 valence electrons. The van der Waals surface area contributed by atoms with E-state index in [1.165, 1.54) is 0 Å². The van der Waals surface area contributed by atoms with E-state index < -0.39 is 0 Å². The number of aryl methyl sites for hydroxylation is 1. The molecule has 0 saturated heterocycles. The number of nitrogens with zero attached hydrogens (tertiary/aromatic N) is 2. The largest absolute Gasteiger partial charge is 0.459 e. The maximum absolute atomic E-state index is 11.7. The minimum absolute atomic E-state index is 0.0215. The van der Waals surface area contributed by atoms with Crippen LogP contribution < -0.4 is 10.6 Å². The summed E-state index contributed by atoms with van der Waals surface area (Å²) >= 11 is 0. The SMILES string of the molecule is Cc1c(CNC(=NCC(=O)N(C)C)NC2CC2)oc2ccccc12. The summed E-state index contributed by atoms with van der Waals surface area (Å²) in [6.45, 7) is 2.73. The van der Waals surface area contributed by atoms with Crippen LogP contribution in [0.5, 0.6) is 0 Å². The molecule has 1 aliphatic rings. The Kier molecular flexibility index (Phi) is 4.74. The van der Waals surface area contributed by atoms with Crippen molar-refractivity contribution in [3.8, 4) is 0 Å². The van der Waals surface area contributed by atoms with Gasteiger partial charge in [-0.25, -0.2) is 4.99 Å². The van der Waals surface area contributed by atoms with E-state index >= 15 is 0 Å². The van der Waals surface area contributed by atoms with Crippen molar-refractivity contribution in [1.29, 1.82) is 0 Å². The van der Waals surface area contributed by atoms with Crippen molar-refractivity contribution in [2.75, 3.05) is 20.6 Å². The van der Waals surface area contributed by atoms with Crippen LogP contribution in [0, 0.1) is 6.92 Å². The molecule has 3 rings (SSSR count). The maximum Gasteiger partial charge on any atom is 0.243 e. The Morgan fingerprint density at radius 3 is 2.75 bits per heavy atom. The Morgan fingerprint density at radius 1 is 1.33 bits per heavy atom. The summed E-state index contributed by atoms with van der Waals surface area (Å²) in [4.78, 5) is 17.7. The van der Waals surface area contributed by atoms with Crippen LogP contribution >= 0.6 is 0 Å². The number of carbonyl (C=O) groups is 1. The zero-order valence-corrected chi connectivity index (χ0v) is 14.4. The van der Waals surface area contributed by atoms with Crippen molar-refractivity contribution in [3.63, 3.8) is 0 Å². The molecule has 24 heavy (non-hydrogen) atoms. The van der Waals surface area contributed by atoms with E-state index in [2.05, 4.69) is 28.6 Å². The van der Waals surface area contributed by atoms with E-state index in [0.717, 1.165) is 35.1 Å². The molecule has 0 spiro atoms. The molecule has 0 unspecified atom stereocenters. The third-order valence-corrected chi connectivity index (χ3v) is 4.15. The molecule has 1 aromatic heterocycles. The summed E-state index contributed by atoms with van der Waals surface area (Å²) in [5.41, 5.74) is 2.02. The topological polar surface area (TPSA) is 69.9 Å². The minimum atomic E-state index is -0.0215. The van der Waals surface area contributed by atoms with Gasteiger partial charge in [-0.05, 0) is 25.8 Å². The smallest absolute Gasteiger partial charge is 0.243 e. The Morgan fingerprint density at radius 2 is 2.08 bits per heavy atom. The zero-order valence-electron chi connectivity index (χ0n) is 14.4. The lowest BCUT2D eigenvalue weighted by molar-refractivity contribution is -0.127.